The number of fused-ring (bicyclic) bond motifs is 1. The van der Waals surface area contributed by atoms with Gasteiger partial charge in [0, 0.05) is 24.5 Å². The number of amides is 2. The zero-order valence-electron chi connectivity index (χ0n) is 20.3. The minimum Gasteiger partial charge on any atom is -0.325 e. The highest BCUT2D eigenvalue weighted by molar-refractivity contribution is 7.89. The zero-order valence-corrected chi connectivity index (χ0v) is 21.1. The van der Waals surface area contributed by atoms with Crippen molar-refractivity contribution in [3.8, 4) is 0 Å². The third kappa shape index (κ3) is 4.49. The van der Waals surface area contributed by atoms with Crippen molar-refractivity contribution in [2.45, 2.75) is 57.3 Å². The number of rotatable bonds is 6. The summed E-state index contributed by atoms with van der Waals surface area (Å²) in [5.41, 5.74) is 2.12. The topological polar surface area (TPSA) is 86.8 Å². The number of carbonyl (C=O) groups excluding carboxylic acids is 2. The number of carbonyl (C=O) groups is 2. The van der Waals surface area contributed by atoms with Crippen LogP contribution in [0.5, 0.6) is 0 Å². The molecule has 2 amide bonds. The molecule has 0 aromatic heterocycles. The summed E-state index contributed by atoms with van der Waals surface area (Å²) in [6.45, 7) is 8.55. The molecule has 0 bridgehead atoms. The second-order valence-electron chi connectivity index (χ2n) is 9.90. The fraction of sp³-hybridized carbons (Fsp3) is 0.462. The first-order chi connectivity index (χ1) is 16.0. The molecular weight excluding hydrogens is 450 g/mol. The second-order valence-corrected chi connectivity index (χ2v) is 11.8. The van der Waals surface area contributed by atoms with Crippen molar-refractivity contribution in [2.75, 3.05) is 29.9 Å². The Morgan fingerprint density at radius 1 is 1.15 bits per heavy atom. The normalized spacial score (nSPS) is 20.3. The largest absolute Gasteiger partial charge is 0.325 e. The van der Waals surface area contributed by atoms with Crippen LogP contribution in [0.3, 0.4) is 0 Å². The first kappa shape index (κ1) is 24.4. The van der Waals surface area contributed by atoms with E-state index in [4.69, 9.17) is 0 Å². The predicted octanol–water partition coefficient (Wildman–Crippen LogP) is 3.93. The lowest BCUT2D eigenvalue weighted by Gasteiger charge is -2.30. The molecule has 0 saturated carbocycles. The number of anilines is 2. The van der Waals surface area contributed by atoms with Crippen molar-refractivity contribution in [2.24, 2.45) is 5.92 Å². The molecular formula is C26H33N3O4S. The van der Waals surface area contributed by atoms with Crippen molar-refractivity contribution in [1.82, 2.24) is 4.31 Å². The number of piperidine rings is 1. The Hall–Kier alpha value is -2.71. The lowest BCUT2D eigenvalue weighted by molar-refractivity contribution is -0.124. The molecule has 34 heavy (non-hydrogen) atoms. The summed E-state index contributed by atoms with van der Waals surface area (Å²) in [5, 5.41) is 2.85. The van der Waals surface area contributed by atoms with Gasteiger partial charge in [0.2, 0.25) is 21.8 Å². The van der Waals surface area contributed by atoms with E-state index in [1.165, 1.54) is 10.5 Å². The molecule has 1 saturated heterocycles. The molecule has 1 N–H and O–H groups in total. The maximum absolute atomic E-state index is 13.3. The number of hydrogen-bond donors (Lipinski definition) is 1. The van der Waals surface area contributed by atoms with Gasteiger partial charge in [0.25, 0.3) is 0 Å². The van der Waals surface area contributed by atoms with Crippen LogP contribution in [0.25, 0.3) is 0 Å². The summed E-state index contributed by atoms with van der Waals surface area (Å²) in [7, 11) is -3.65. The van der Waals surface area contributed by atoms with Gasteiger partial charge in [0.15, 0.2) is 0 Å². The third-order valence-electron chi connectivity index (χ3n) is 6.92. The van der Waals surface area contributed by atoms with Gasteiger partial charge in [-0.1, -0.05) is 26.0 Å². The zero-order chi connectivity index (χ0) is 24.7. The third-order valence-corrected chi connectivity index (χ3v) is 8.78. The lowest BCUT2D eigenvalue weighted by atomic mass is 9.86. The van der Waals surface area contributed by atoms with Gasteiger partial charge < -0.3 is 10.2 Å². The number of aryl methyl sites for hydroxylation is 1. The first-order valence-corrected chi connectivity index (χ1v) is 13.3. The molecule has 1 unspecified atom stereocenters. The molecule has 182 valence electrons. The van der Waals surface area contributed by atoms with Crippen molar-refractivity contribution < 1.29 is 18.0 Å². The van der Waals surface area contributed by atoms with Crippen LogP contribution in [0, 0.1) is 5.92 Å². The van der Waals surface area contributed by atoms with Gasteiger partial charge in [-0.25, -0.2) is 8.42 Å². The monoisotopic (exact) mass is 483 g/mol. The van der Waals surface area contributed by atoms with Gasteiger partial charge in [-0.3, -0.25) is 9.59 Å². The molecule has 1 fully saturated rings. The maximum Gasteiger partial charge on any atom is 0.244 e. The Morgan fingerprint density at radius 2 is 1.85 bits per heavy atom. The fourth-order valence-electron chi connectivity index (χ4n) is 4.81. The van der Waals surface area contributed by atoms with Crippen molar-refractivity contribution in [3.63, 3.8) is 0 Å². The van der Waals surface area contributed by atoms with Crippen molar-refractivity contribution in [3.05, 3.63) is 53.6 Å². The van der Waals surface area contributed by atoms with Crippen LogP contribution in [-0.2, 0) is 31.4 Å². The van der Waals surface area contributed by atoms with Crippen molar-refractivity contribution in [1.29, 1.82) is 0 Å². The molecule has 0 spiro atoms. The van der Waals surface area contributed by atoms with Crippen molar-refractivity contribution >= 4 is 33.2 Å². The minimum atomic E-state index is -3.65. The molecule has 2 aliphatic heterocycles. The van der Waals surface area contributed by atoms with E-state index < -0.39 is 15.4 Å². The summed E-state index contributed by atoms with van der Waals surface area (Å²) in [5.74, 6) is -0.205. The standard InChI is InChI=1S/C26H33N3O4S/c1-5-19-8-10-20(11-9-19)27-24(30)17-29-23-13-12-21(15-22(23)26(3,4)25(29)31)34(32,33)28-14-6-7-18(2)16-28/h8-13,15,18H,5-7,14,16-17H2,1-4H3,(H,27,30). The second kappa shape index (κ2) is 9.15. The maximum atomic E-state index is 13.3. The van der Waals surface area contributed by atoms with Crippen LogP contribution in [0.2, 0.25) is 0 Å². The molecule has 1 atom stereocenters. The summed E-state index contributed by atoms with van der Waals surface area (Å²) in [6.07, 6.45) is 2.79. The Kier molecular flexibility index (Phi) is 6.57. The summed E-state index contributed by atoms with van der Waals surface area (Å²) >= 11 is 0. The number of sulfonamides is 1. The SMILES string of the molecule is CCc1ccc(NC(=O)CN2C(=O)C(C)(C)c3cc(S(=O)(=O)N4CCCC(C)C4)ccc32)cc1. The van der Waals surface area contributed by atoms with E-state index in [-0.39, 0.29) is 23.3 Å². The molecule has 2 aliphatic rings. The summed E-state index contributed by atoms with van der Waals surface area (Å²) in [4.78, 5) is 27.6. The number of hydrogen-bond acceptors (Lipinski definition) is 4. The van der Waals surface area contributed by atoms with Gasteiger partial charge >= 0.3 is 0 Å². The molecule has 0 radical (unpaired) electrons. The average molecular weight is 484 g/mol. The Morgan fingerprint density at radius 3 is 2.50 bits per heavy atom. The van der Waals surface area contributed by atoms with Crippen LogP contribution in [0.4, 0.5) is 11.4 Å². The van der Waals surface area contributed by atoms with Crippen LogP contribution in [0.1, 0.15) is 51.7 Å². The lowest BCUT2D eigenvalue weighted by Crippen LogP contribution is -2.40. The van der Waals surface area contributed by atoms with Crippen LogP contribution < -0.4 is 10.2 Å². The first-order valence-electron chi connectivity index (χ1n) is 11.9. The minimum absolute atomic E-state index is 0.138. The summed E-state index contributed by atoms with van der Waals surface area (Å²) in [6, 6.07) is 12.4. The van der Waals surface area contributed by atoms with Gasteiger partial charge in [0.1, 0.15) is 6.54 Å². The van der Waals surface area contributed by atoms with E-state index in [2.05, 4.69) is 19.2 Å². The van der Waals surface area contributed by atoms with E-state index in [1.54, 1.807) is 36.4 Å². The Labute approximate surface area is 202 Å². The van der Waals surface area contributed by atoms with Crippen LogP contribution in [-0.4, -0.2) is 44.2 Å². The molecule has 2 heterocycles. The molecule has 4 rings (SSSR count). The average Bonchev–Trinajstić information content (AvgIpc) is 2.99. The van der Waals surface area contributed by atoms with E-state index >= 15 is 0 Å². The molecule has 2 aromatic carbocycles. The van der Waals surface area contributed by atoms with E-state index in [0.717, 1.165) is 19.3 Å². The number of nitrogens with zero attached hydrogens (tertiary/aromatic N) is 2. The van der Waals surface area contributed by atoms with E-state index in [0.29, 0.717) is 35.9 Å². The molecule has 7 nitrogen and oxygen atoms in total. The predicted molar refractivity (Wildman–Crippen MR) is 133 cm³/mol. The smallest absolute Gasteiger partial charge is 0.244 e. The van der Waals surface area contributed by atoms with E-state index in [9.17, 15) is 18.0 Å². The van der Waals surface area contributed by atoms with Crippen LogP contribution >= 0.6 is 0 Å². The number of nitrogens with one attached hydrogen (secondary N) is 1. The van der Waals surface area contributed by atoms with Gasteiger partial charge in [-0.15, -0.1) is 0 Å². The fourth-order valence-corrected chi connectivity index (χ4v) is 6.44. The Balaban J connectivity index is 1.57. The Bertz CT molecular complexity index is 1210. The van der Waals surface area contributed by atoms with E-state index in [1.807, 2.05) is 24.3 Å². The number of benzene rings is 2. The van der Waals surface area contributed by atoms with Crippen LogP contribution in [0.15, 0.2) is 47.4 Å². The highest BCUT2D eigenvalue weighted by Gasteiger charge is 2.45. The van der Waals surface area contributed by atoms with Gasteiger partial charge in [0.05, 0.1) is 10.3 Å². The quantitative estimate of drug-likeness (QED) is 0.674. The van der Waals surface area contributed by atoms with Gasteiger partial charge in [-0.2, -0.15) is 4.31 Å². The molecule has 2 aromatic rings. The molecule has 8 heteroatoms. The van der Waals surface area contributed by atoms with Gasteiger partial charge in [-0.05, 0) is 80.5 Å². The molecule has 0 aliphatic carbocycles. The summed E-state index contributed by atoms with van der Waals surface area (Å²) < 4.78 is 28.1. The highest BCUT2D eigenvalue weighted by Crippen LogP contribution is 2.43. The highest BCUT2D eigenvalue weighted by atomic mass is 32.2.